The molecule has 2 heterocycles. The summed E-state index contributed by atoms with van der Waals surface area (Å²) < 4.78 is 11.1. The van der Waals surface area contributed by atoms with E-state index in [0.29, 0.717) is 49.1 Å². The van der Waals surface area contributed by atoms with E-state index in [4.69, 9.17) is 9.47 Å². The number of rotatable bonds is 5. The Bertz CT molecular complexity index is 729. The summed E-state index contributed by atoms with van der Waals surface area (Å²) in [6.07, 6.45) is 5.20. The number of hydrogen-bond acceptors (Lipinski definition) is 4. The van der Waals surface area contributed by atoms with Crippen molar-refractivity contribution in [2.75, 3.05) is 24.7 Å². The molecule has 1 aromatic rings. The van der Waals surface area contributed by atoms with E-state index in [0.717, 1.165) is 5.69 Å². The van der Waals surface area contributed by atoms with Gasteiger partial charge in [-0.25, -0.2) is 0 Å². The summed E-state index contributed by atoms with van der Waals surface area (Å²) >= 11 is 0. The van der Waals surface area contributed by atoms with Crippen LogP contribution in [0.4, 0.5) is 5.69 Å². The van der Waals surface area contributed by atoms with E-state index >= 15 is 0 Å². The molecule has 2 saturated carbocycles. The summed E-state index contributed by atoms with van der Waals surface area (Å²) in [7, 11) is 0. The molecule has 0 bridgehead atoms. The summed E-state index contributed by atoms with van der Waals surface area (Å²) in [5.74, 6) is 2.47. The molecule has 2 amide bonds. The minimum atomic E-state index is -0.268. The lowest BCUT2D eigenvalue weighted by molar-refractivity contribution is -0.127. The Hall–Kier alpha value is -2.24. The maximum atomic E-state index is 12.7. The number of hydrogen-bond donors (Lipinski definition) is 1. The van der Waals surface area contributed by atoms with E-state index < -0.39 is 0 Å². The monoisotopic (exact) mass is 356 g/mol. The van der Waals surface area contributed by atoms with E-state index in [1.807, 2.05) is 18.2 Å². The van der Waals surface area contributed by atoms with Gasteiger partial charge in [0.1, 0.15) is 13.2 Å². The fourth-order valence-electron chi connectivity index (χ4n) is 4.15. The van der Waals surface area contributed by atoms with Gasteiger partial charge in [-0.3, -0.25) is 9.59 Å². The molecule has 2 aliphatic carbocycles. The molecule has 26 heavy (non-hydrogen) atoms. The molecular formula is C20H24N2O4. The second-order valence-corrected chi connectivity index (χ2v) is 7.94. The number of benzene rings is 1. The van der Waals surface area contributed by atoms with E-state index in [9.17, 15) is 9.59 Å². The molecule has 6 heteroatoms. The zero-order chi connectivity index (χ0) is 17.7. The Labute approximate surface area is 152 Å². The van der Waals surface area contributed by atoms with Crippen LogP contribution in [0.2, 0.25) is 0 Å². The lowest BCUT2D eigenvalue weighted by atomic mass is 10.0. The van der Waals surface area contributed by atoms with Crippen LogP contribution in [0.15, 0.2) is 18.2 Å². The van der Waals surface area contributed by atoms with Gasteiger partial charge in [0.05, 0.1) is 5.92 Å². The predicted octanol–water partition coefficient (Wildman–Crippen LogP) is 2.12. The van der Waals surface area contributed by atoms with Crippen molar-refractivity contribution in [2.45, 2.75) is 38.1 Å². The molecule has 2 aliphatic heterocycles. The Morgan fingerprint density at radius 2 is 1.77 bits per heavy atom. The number of nitrogens with one attached hydrogen (secondary N) is 1. The number of fused-ring (bicyclic) bond motifs is 1. The Morgan fingerprint density at radius 3 is 2.46 bits per heavy atom. The maximum Gasteiger partial charge on any atom is 0.227 e. The van der Waals surface area contributed by atoms with Gasteiger partial charge in [-0.1, -0.05) is 0 Å². The van der Waals surface area contributed by atoms with Gasteiger partial charge in [-0.05, 0) is 49.7 Å². The van der Waals surface area contributed by atoms with Gasteiger partial charge in [0, 0.05) is 30.8 Å². The summed E-state index contributed by atoms with van der Waals surface area (Å²) in [5.41, 5.74) is 0.774. The fraction of sp³-hybridized carbons (Fsp3) is 0.600. The van der Waals surface area contributed by atoms with Gasteiger partial charge in [-0.15, -0.1) is 0 Å². The van der Waals surface area contributed by atoms with Crippen molar-refractivity contribution < 1.29 is 19.1 Å². The first-order chi connectivity index (χ1) is 12.7. The maximum absolute atomic E-state index is 12.7. The molecule has 4 aliphatic rings. The largest absolute Gasteiger partial charge is 0.486 e. The van der Waals surface area contributed by atoms with Crippen molar-refractivity contribution in [3.63, 3.8) is 0 Å². The van der Waals surface area contributed by atoms with E-state index in [2.05, 4.69) is 5.32 Å². The van der Waals surface area contributed by atoms with Crippen LogP contribution in [-0.2, 0) is 9.59 Å². The number of carbonyl (C=O) groups excluding carboxylic acids is 2. The highest BCUT2D eigenvalue weighted by Gasteiger charge is 2.44. The van der Waals surface area contributed by atoms with Gasteiger partial charge in [0.15, 0.2) is 11.5 Å². The molecule has 1 saturated heterocycles. The first-order valence-electron chi connectivity index (χ1n) is 9.69. The lowest BCUT2D eigenvalue weighted by Gasteiger charge is -2.23. The molecule has 5 rings (SSSR count). The molecular weight excluding hydrogens is 332 g/mol. The van der Waals surface area contributed by atoms with Crippen LogP contribution in [-0.4, -0.2) is 37.6 Å². The van der Waals surface area contributed by atoms with Gasteiger partial charge in [0.2, 0.25) is 11.8 Å². The molecule has 3 fully saturated rings. The zero-order valence-corrected chi connectivity index (χ0v) is 14.8. The number of anilines is 1. The molecule has 1 atom stereocenters. The minimum absolute atomic E-state index is 0.00350. The molecule has 0 spiro atoms. The summed E-state index contributed by atoms with van der Waals surface area (Å²) in [6, 6.07) is 5.87. The molecule has 138 valence electrons. The standard InChI is InChI=1S/C20H24N2O4/c23-18-9-14(20(24)21-19(12-1-2-12)13-3-4-13)11-22(18)15-5-6-16-17(10-15)26-8-7-25-16/h5-6,10,12-14,19H,1-4,7-9,11H2,(H,21,24). The number of nitrogens with zero attached hydrogens (tertiary/aromatic N) is 1. The van der Waals surface area contributed by atoms with Crippen molar-refractivity contribution in [1.29, 1.82) is 0 Å². The highest BCUT2D eigenvalue weighted by molar-refractivity contribution is 6.00. The van der Waals surface area contributed by atoms with Crippen molar-refractivity contribution in [3.8, 4) is 11.5 Å². The third kappa shape index (κ3) is 3.02. The predicted molar refractivity (Wildman–Crippen MR) is 95.3 cm³/mol. The fourth-order valence-corrected chi connectivity index (χ4v) is 4.15. The van der Waals surface area contributed by atoms with E-state index in [-0.39, 0.29) is 24.2 Å². The Balaban J connectivity index is 1.27. The number of amides is 2. The van der Waals surface area contributed by atoms with E-state index in [1.54, 1.807) is 4.90 Å². The summed E-state index contributed by atoms with van der Waals surface area (Å²) in [5, 5.41) is 3.26. The third-order valence-corrected chi connectivity index (χ3v) is 5.90. The Kier molecular flexibility index (Phi) is 3.80. The number of ether oxygens (including phenoxy) is 2. The van der Waals surface area contributed by atoms with Crippen LogP contribution in [0.3, 0.4) is 0 Å². The highest BCUT2D eigenvalue weighted by Crippen LogP contribution is 2.44. The first-order valence-corrected chi connectivity index (χ1v) is 9.69. The summed E-state index contributed by atoms with van der Waals surface area (Å²) in [4.78, 5) is 27.0. The highest BCUT2D eigenvalue weighted by atomic mass is 16.6. The van der Waals surface area contributed by atoms with Crippen molar-refractivity contribution in [3.05, 3.63) is 18.2 Å². The Morgan fingerprint density at radius 1 is 1.08 bits per heavy atom. The molecule has 0 radical (unpaired) electrons. The van der Waals surface area contributed by atoms with Crippen LogP contribution < -0.4 is 19.7 Å². The van der Waals surface area contributed by atoms with Crippen molar-refractivity contribution in [2.24, 2.45) is 17.8 Å². The quantitative estimate of drug-likeness (QED) is 0.877. The molecule has 6 nitrogen and oxygen atoms in total. The molecule has 1 N–H and O–H groups in total. The first kappa shape index (κ1) is 16.0. The second kappa shape index (κ2) is 6.18. The van der Waals surface area contributed by atoms with Crippen LogP contribution in [0.25, 0.3) is 0 Å². The molecule has 1 aromatic carbocycles. The second-order valence-electron chi connectivity index (χ2n) is 7.94. The summed E-state index contributed by atoms with van der Waals surface area (Å²) in [6.45, 7) is 1.49. The van der Waals surface area contributed by atoms with Crippen molar-refractivity contribution >= 4 is 17.5 Å². The van der Waals surface area contributed by atoms with Crippen LogP contribution in [0, 0.1) is 17.8 Å². The van der Waals surface area contributed by atoms with Crippen LogP contribution in [0.1, 0.15) is 32.1 Å². The smallest absolute Gasteiger partial charge is 0.227 e. The average Bonchev–Trinajstić information content (AvgIpc) is 3.57. The number of carbonyl (C=O) groups is 2. The minimum Gasteiger partial charge on any atom is -0.486 e. The zero-order valence-electron chi connectivity index (χ0n) is 14.8. The molecule has 1 unspecified atom stereocenters. The van der Waals surface area contributed by atoms with Gasteiger partial charge in [-0.2, -0.15) is 0 Å². The van der Waals surface area contributed by atoms with Gasteiger partial charge >= 0.3 is 0 Å². The molecule has 0 aromatic heterocycles. The normalized spacial score (nSPS) is 24.9. The topological polar surface area (TPSA) is 67.9 Å². The van der Waals surface area contributed by atoms with Gasteiger partial charge < -0.3 is 19.7 Å². The third-order valence-electron chi connectivity index (χ3n) is 5.90. The van der Waals surface area contributed by atoms with Crippen LogP contribution in [0.5, 0.6) is 11.5 Å². The van der Waals surface area contributed by atoms with Crippen molar-refractivity contribution in [1.82, 2.24) is 5.32 Å². The SMILES string of the molecule is O=C(NC(C1CC1)C1CC1)C1CC(=O)N(c2ccc3c(c2)OCCO3)C1. The average molecular weight is 356 g/mol. The van der Waals surface area contributed by atoms with Gasteiger partial charge in [0.25, 0.3) is 0 Å². The lowest BCUT2D eigenvalue weighted by Crippen LogP contribution is -2.42. The van der Waals surface area contributed by atoms with Crippen LogP contribution >= 0.6 is 0 Å². The van der Waals surface area contributed by atoms with E-state index in [1.165, 1.54) is 25.7 Å².